The molecule has 0 amide bonds. The Morgan fingerprint density at radius 3 is 2.33 bits per heavy atom. The molecule has 1 aliphatic rings. The quantitative estimate of drug-likeness (QED) is 0.514. The molecule has 1 saturated heterocycles. The zero-order valence-corrected chi connectivity index (χ0v) is 20.4. The van der Waals surface area contributed by atoms with Crippen LogP contribution in [0.1, 0.15) is 59.8 Å². The first kappa shape index (κ1) is 25.0. The second-order valence-corrected chi connectivity index (χ2v) is 16.5. The summed E-state index contributed by atoms with van der Waals surface area (Å²) in [6.45, 7) is 15.6. The standard InChI is InChI=1S/C21H38N2O6Si/c1-13-10-23(18(28)22-16(13)26)15-9-14(25)21(11-24,29-15)17(27)30(8,20(5,6)7)12-19(2,3)4/h10,14-15,17,24-25,27H,9,11-12H2,1-8H3,(H,22,26,28)/t14-,15+,17?,21-,30?/m0/s1. The molecule has 0 aliphatic carbocycles. The molecule has 2 rings (SSSR count). The van der Waals surface area contributed by atoms with E-state index in [4.69, 9.17) is 4.74 Å². The van der Waals surface area contributed by atoms with Crippen LogP contribution in [-0.4, -0.2) is 57.0 Å². The van der Waals surface area contributed by atoms with Gasteiger partial charge in [-0.3, -0.25) is 14.3 Å². The van der Waals surface area contributed by atoms with E-state index in [1.54, 1.807) is 6.92 Å². The second kappa shape index (κ2) is 8.02. The van der Waals surface area contributed by atoms with Gasteiger partial charge < -0.3 is 20.1 Å². The summed E-state index contributed by atoms with van der Waals surface area (Å²) in [5.41, 5.74) is -3.56. The number of ether oxygens (including phenoxy) is 1. The fourth-order valence-electron chi connectivity index (χ4n) is 4.63. The molecule has 9 heteroatoms. The number of hydrogen-bond acceptors (Lipinski definition) is 6. The first-order valence-corrected chi connectivity index (χ1v) is 13.2. The second-order valence-electron chi connectivity index (χ2n) is 11.2. The van der Waals surface area contributed by atoms with E-state index in [2.05, 4.69) is 53.1 Å². The number of nitrogens with zero attached hydrogens (tertiary/aromatic N) is 1. The van der Waals surface area contributed by atoms with Gasteiger partial charge in [-0.2, -0.15) is 0 Å². The predicted molar refractivity (Wildman–Crippen MR) is 118 cm³/mol. The molecule has 0 aromatic carbocycles. The molecule has 1 aliphatic heterocycles. The molecular formula is C21H38N2O6Si. The summed E-state index contributed by atoms with van der Waals surface area (Å²) in [5, 5.41) is 32.8. The fourth-order valence-corrected chi connectivity index (χ4v) is 9.81. The van der Waals surface area contributed by atoms with Gasteiger partial charge in [0.1, 0.15) is 11.8 Å². The van der Waals surface area contributed by atoms with Crippen LogP contribution in [0.4, 0.5) is 0 Å². The number of hydrogen-bond donors (Lipinski definition) is 4. The minimum Gasteiger partial charge on any atom is -0.393 e. The zero-order valence-electron chi connectivity index (χ0n) is 19.4. The average Bonchev–Trinajstić information content (AvgIpc) is 2.92. The lowest BCUT2D eigenvalue weighted by Crippen LogP contribution is -2.67. The van der Waals surface area contributed by atoms with Gasteiger partial charge in [0.05, 0.1) is 26.5 Å². The first-order chi connectivity index (χ1) is 13.5. The lowest BCUT2D eigenvalue weighted by atomic mass is 9.98. The number of aliphatic hydroxyl groups excluding tert-OH is 3. The molecule has 0 saturated carbocycles. The SMILES string of the molecule is Cc1cn([C@H]2C[C@H](O)[C@@](CO)(C(O)[Si](C)(CC(C)(C)C)C(C)(C)C)O2)c(=O)[nH]c1=O. The van der Waals surface area contributed by atoms with Crippen molar-refractivity contribution >= 4 is 8.07 Å². The highest BCUT2D eigenvalue weighted by Crippen LogP contribution is 2.51. The van der Waals surface area contributed by atoms with Crippen LogP contribution in [-0.2, 0) is 4.74 Å². The molecule has 0 radical (unpaired) electrons. The molecule has 1 aromatic rings. The number of aromatic nitrogens is 2. The molecule has 2 heterocycles. The van der Waals surface area contributed by atoms with Gasteiger partial charge in [0.15, 0.2) is 0 Å². The predicted octanol–water partition coefficient (Wildman–Crippen LogP) is 1.68. The van der Waals surface area contributed by atoms with E-state index < -0.39 is 49.6 Å². The smallest absolute Gasteiger partial charge is 0.330 e. The van der Waals surface area contributed by atoms with E-state index >= 15 is 0 Å². The van der Waals surface area contributed by atoms with E-state index in [1.807, 2.05) is 0 Å². The number of aromatic amines is 1. The largest absolute Gasteiger partial charge is 0.393 e. The van der Waals surface area contributed by atoms with Crippen molar-refractivity contribution in [2.24, 2.45) is 5.41 Å². The zero-order chi connectivity index (χ0) is 23.3. The summed E-state index contributed by atoms with van der Waals surface area (Å²) in [4.78, 5) is 26.3. The van der Waals surface area contributed by atoms with Gasteiger partial charge in [0, 0.05) is 18.2 Å². The van der Waals surface area contributed by atoms with E-state index in [9.17, 15) is 24.9 Å². The Bertz CT molecular complexity index is 883. The van der Waals surface area contributed by atoms with Crippen molar-refractivity contribution in [1.82, 2.24) is 9.55 Å². The average molecular weight is 443 g/mol. The van der Waals surface area contributed by atoms with Crippen molar-refractivity contribution < 1.29 is 20.1 Å². The Kier molecular flexibility index (Phi) is 6.68. The van der Waals surface area contributed by atoms with Crippen molar-refractivity contribution in [3.63, 3.8) is 0 Å². The van der Waals surface area contributed by atoms with Crippen LogP contribution in [0.3, 0.4) is 0 Å². The fraction of sp³-hybridized carbons (Fsp3) is 0.810. The van der Waals surface area contributed by atoms with Crippen LogP contribution >= 0.6 is 0 Å². The van der Waals surface area contributed by atoms with Crippen molar-refractivity contribution in [3.05, 3.63) is 32.6 Å². The number of H-pyrrole nitrogens is 1. The van der Waals surface area contributed by atoms with Crippen LogP contribution in [0, 0.1) is 12.3 Å². The molecule has 172 valence electrons. The summed E-state index contributed by atoms with van der Waals surface area (Å²) in [7, 11) is -2.59. The molecule has 0 spiro atoms. The maximum absolute atomic E-state index is 12.3. The Hall–Kier alpha value is -1.26. The van der Waals surface area contributed by atoms with Crippen molar-refractivity contribution in [3.8, 4) is 0 Å². The van der Waals surface area contributed by atoms with Gasteiger partial charge in [-0.15, -0.1) is 0 Å². The molecule has 4 N–H and O–H groups in total. The molecule has 1 aromatic heterocycles. The maximum Gasteiger partial charge on any atom is 0.330 e. The van der Waals surface area contributed by atoms with Gasteiger partial charge in [-0.1, -0.05) is 48.1 Å². The van der Waals surface area contributed by atoms with Crippen molar-refractivity contribution in [2.75, 3.05) is 6.61 Å². The minimum atomic E-state index is -2.59. The van der Waals surface area contributed by atoms with Crippen molar-refractivity contribution in [2.45, 2.75) is 96.2 Å². The molecule has 8 nitrogen and oxygen atoms in total. The third kappa shape index (κ3) is 4.36. The van der Waals surface area contributed by atoms with Gasteiger partial charge >= 0.3 is 5.69 Å². The maximum atomic E-state index is 12.3. The molecule has 2 unspecified atom stereocenters. The number of aliphatic hydroxyl groups is 3. The third-order valence-electron chi connectivity index (χ3n) is 6.72. The minimum absolute atomic E-state index is 0.0210. The Morgan fingerprint density at radius 2 is 1.87 bits per heavy atom. The molecule has 0 bridgehead atoms. The lowest BCUT2D eigenvalue weighted by Gasteiger charge is -2.52. The van der Waals surface area contributed by atoms with Crippen molar-refractivity contribution in [1.29, 1.82) is 0 Å². The summed E-state index contributed by atoms with van der Waals surface area (Å²) in [6, 6.07) is 0.755. The third-order valence-corrected chi connectivity index (χ3v) is 13.6. The Labute approximate surface area is 178 Å². The van der Waals surface area contributed by atoms with Crippen LogP contribution in [0.15, 0.2) is 15.8 Å². The van der Waals surface area contributed by atoms with Gasteiger partial charge in [-0.25, -0.2) is 4.79 Å². The highest BCUT2D eigenvalue weighted by molar-refractivity contribution is 6.82. The molecule has 30 heavy (non-hydrogen) atoms. The van der Waals surface area contributed by atoms with Crippen LogP contribution in [0.25, 0.3) is 0 Å². The Balaban J connectivity index is 2.53. The van der Waals surface area contributed by atoms with E-state index in [0.29, 0.717) is 5.56 Å². The van der Waals surface area contributed by atoms with E-state index in [-0.39, 0.29) is 16.9 Å². The Morgan fingerprint density at radius 1 is 1.30 bits per heavy atom. The van der Waals surface area contributed by atoms with Gasteiger partial charge in [-0.05, 0) is 23.4 Å². The van der Waals surface area contributed by atoms with Crippen LogP contribution in [0.5, 0.6) is 0 Å². The summed E-state index contributed by atoms with van der Waals surface area (Å²) in [6.07, 6.45) is -0.672. The first-order valence-electron chi connectivity index (χ1n) is 10.5. The lowest BCUT2D eigenvalue weighted by molar-refractivity contribution is -0.166. The molecule has 1 fully saturated rings. The summed E-state index contributed by atoms with van der Waals surface area (Å²) < 4.78 is 7.33. The normalized spacial score (nSPS) is 28.4. The van der Waals surface area contributed by atoms with E-state index in [1.165, 1.54) is 10.8 Å². The number of aryl methyl sites for hydroxylation is 1. The van der Waals surface area contributed by atoms with Crippen LogP contribution in [0.2, 0.25) is 17.6 Å². The van der Waals surface area contributed by atoms with Gasteiger partial charge in [0.2, 0.25) is 0 Å². The number of rotatable bonds is 5. The topological polar surface area (TPSA) is 125 Å². The number of nitrogens with one attached hydrogen (secondary N) is 1. The highest BCUT2D eigenvalue weighted by Gasteiger charge is 2.62. The summed E-state index contributed by atoms with van der Waals surface area (Å²) in [5.74, 6) is 0. The van der Waals surface area contributed by atoms with Gasteiger partial charge in [0.25, 0.3) is 5.56 Å². The monoisotopic (exact) mass is 442 g/mol. The van der Waals surface area contributed by atoms with E-state index in [0.717, 1.165) is 6.04 Å². The molecule has 5 atom stereocenters. The van der Waals surface area contributed by atoms with Crippen LogP contribution < -0.4 is 11.2 Å². The summed E-state index contributed by atoms with van der Waals surface area (Å²) >= 11 is 0. The highest BCUT2D eigenvalue weighted by atomic mass is 28.3. The molecular weight excluding hydrogens is 404 g/mol.